The van der Waals surface area contributed by atoms with Crippen molar-refractivity contribution in [3.63, 3.8) is 0 Å². The van der Waals surface area contributed by atoms with Crippen LogP contribution in [0.5, 0.6) is 0 Å². The summed E-state index contributed by atoms with van der Waals surface area (Å²) in [6, 6.07) is 5.41. The molecule has 0 bridgehead atoms. The predicted molar refractivity (Wildman–Crippen MR) is 52.2 cm³/mol. The molecule has 2 rings (SSSR count). The van der Waals surface area contributed by atoms with E-state index in [2.05, 4.69) is 15.0 Å². The van der Waals surface area contributed by atoms with Crippen molar-refractivity contribution in [1.82, 2.24) is 15.0 Å². The molecule has 0 aliphatic rings. The van der Waals surface area contributed by atoms with Gasteiger partial charge in [-0.05, 0) is 12.1 Å². The molecular formula is C9H6ClN3O. The molecule has 0 saturated heterocycles. The van der Waals surface area contributed by atoms with E-state index < -0.39 is 0 Å². The van der Waals surface area contributed by atoms with Gasteiger partial charge in [0.2, 0.25) is 0 Å². The molecule has 4 nitrogen and oxygen atoms in total. The molecule has 0 aliphatic heterocycles. The van der Waals surface area contributed by atoms with Gasteiger partial charge < -0.3 is 4.98 Å². The van der Waals surface area contributed by atoms with E-state index in [1.165, 1.54) is 0 Å². The Morgan fingerprint density at radius 2 is 2.29 bits per heavy atom. The predicted octanol–water partition coefficient (Wildman–Crippen LogP) is 1.94. The maximum absolute atomic E-state index is 10.5. The van der Waals surface area contributed by atoms with Gasteiger partial charge in [0.05, 0.1) is 0 Å². The minimum Gasteiger partial charge on any atom is -0.327 e. The average Bonchev–Trinajstić information content (AvgIpc) is 2.61. The molecule has 14 heavy (non-hydrogen) atoms. The molecular weight excluding hydrogens is 202 g/mol. The zero-order valence-electron chi connectivity index (χ0n) is 7.07. The van der Waals surface area contributed by atoms with Crippen LogP contribution in [0.1, 0.15) is 10.5 Å². The van der Waals surface area contributed by atoms with Crippen LogP contribution in [0.3, 0.4) is 0 Å². The van der Waals surface area contributed by atoms with Crippen molar-refractivity contribution in [2.24, 2.45) is 0 Å². The molecule has 2 aromatic rings. The van der Waals surface area contributed by atoms with Crippen LogP contribution in [0.15, 0.2) is 24.4 Å². The fourth-order valence-electron chi connectivity index (χ4n) is 1.07. The van der Waals surface area contributed by atoms with Gasteiger partial charge in [-0.2, -0.15) is 0 Å². The van der Waals surface area contributed by atoms with Gasteiger partial charge >= 0.3 is 0 Å². The number of carbonyl (C=O) groups is 1. The molecule has 0 fully saturated rings. The van der Waals surface area contributed by atoms with E-state index in [0.29, 0.717) is 17.8 Å². The molecule has 1 N–H and O–H groups in total. The first-order chi connectivity index (χ1) is 6.81. The molecule has 0 saturated carbocycles. The fourth-order valence-corrected chi connectivity index (χ4v) is 1.24. The second-order valence-corrected chi connectivity index (χ2v) is 3.00. The Bertz CT molecular complexity index is 452. The molecule has 0 amide bonds. The first kappa shape index (κ1) is 8.90. The fraction of sp³-hybridized carbons (Fsp3) is 0. The summed E-state index contributed by atoms with van der Waals surface area (Å²) in [5.41, 5.74) is 0.856. The number of hydrogen-bond donors (Lipinski definition) is 1. The number of nitrogens with one attached hydrogen (secondary N) is 1. The molecule has 0 spiro atoms. The van der Waals surface area contributed by atoms with E-state index in [1.54, 1.807) is 18.3 Å². The van der Waals surface area contributed by atoms with E-state index in [-0.39, 0.29) is 10.8 Å². The molecule has 2 aromatic heterocycles. The Morgan fingerprint density at radius 3 is 2.86 bits per heavy atom. The van der Waals surface area contributed by atoms with Gasteiger partial charge in [0.25, 0.3) is 0 Å². The van der Waals surface area contributed by atoms with Crippen LogP contribution < -0.4 is 0 Å². The van der Waals surface area contributed by atoms with Crippen molar-refractivity contribution in [3.8, 4) is 11.5 Å². The van der Waals surface area contributed by atoms with E-state index >= 15 is 0 Å². The summed E-state index contributed by atoms with van der Waals surface area (Å²) >= 11 is 5.72. The van der Waals surface area contributed by atoms with E-state index in [0.717, 1.165) is 0 Å². The maximum Gasteiger partial charge on any atom is 0.171 e. The van der Waals surface area contributed by atoms with Crippen molar-refractivity contribution in [1.29, 1.82) is 0 Å². The minimum absolute atomic E-state index is 0.201. The Balaban J connectivity index is 2.48. The summed E-state index contributed by atoms with van der Waals surface area (Å²) in [7, 11) is 0. The second kappa shape index (κ2) is 3.59. The number of carbonyl (C=O) groups excluding carboxylic acids is 1. The smallest absolute Gasteiger partial charge is 0.171 e. The number of imidazole rings is 1. The first-order valence-electron chi connectivity index (χ1n) is 3.93. The SMILES string of the molecule is O=Cc1nc(-c2ccccn2)[nH]c1Cl. The number of aldehydes is 1. The lowest BCUT2D eigenvalue weighted by atomic mass is 10.3. The lowest BCUT2D eigenvalue weighted by Crippen LogP contribution is -1.84. The third kappa shape index (κ3) is 1.52. The lowest BCUT2D eigenvalue weighted by Gasteiger charge is -1.92. The van der Waals surface area contributed by atoms with Crippen molar-refractivity contribution in [3.05, 3.63) is 35.2 Å². The number of rotatable bonds is 2. The van der Waals surface area contributed by atoms with Crippen LogP contribution in [0.25, 0.3) is 11.5 Å². The van der Waals surface area contributed by atoms with Crippen LogP contribution in [0.2, 0.25) is 5.15 Å². The molecule has 0 radical (unpaired) electrons. The molecule has 70 valence electrons. The highest BCUT2D eigenvalue weighted by Gasteiger charge is 2.08. The van der Waals surface area contributed by atoms with Gasteiger partial charge in [-0.1, -0.05) is 17.7 Å². The average molecular weight is 208 g/mol. The van der Waals surface area contributed by atoms with Gasteiger partial charge in [0.15, 0.2) is 12.1 Å². The van der Waals surface area contributed by atoms with E-state index in [1.807, 2.05) is 6.07 Å². The number of aromatic nitrogens is 3. The topological polar surface area (TPSA) is 58.6 Å². The summed E-state index contributed by atoms with van der Waals surface area (Å²) < 4.78 is 0. The van der Waals surface area contributed by atoms with Gasteiger partial charge in [-0.25, -0.2) is 4.98 Å². The summed E-state index contributed by atoms with van der Waals surface area (Å²) in [5, 5.41) is 0.237. The zero-order chi connectivity index (χ0) is 9.97. The highest BCUT2D eigenvalue weighted by molar-refractivity contribution is 6.31. The third-order valence-electron chi connectivity index (χ3n) is 1.70. The molecule has 0 unspecified atom stereocenters. The van der Waals surface area contributed by atoms with Crippen LogP contribution in [0, 0.1) is 0 Å². The Hall–Kier alpha value is -1.68. The van der Waals surface area contributed by atoms with Crippen LogP contribution in [-0.2, 0) is 0 Å². The van der Waals surface area contributed by atoms with Gasteiger partial charge in [-0.3, -0.25) is 9.78 Å². The first-order valence-corrected chi connectivity index (χ1v) is 4.31. The van der Waals surface area contributed by atoms with Crippen LogP contribution in [0.4, 0.5) is 0 Å². The Morgan fingerprint density at radius 1 is 1.43 bits per heavy atom. The summed E-state index contributed by atoms with van der Waals surface area (Å²) in [5.74, 6) is 0.498. The third-order valence-corrected chi connectivity index (χ3v) is 1.99. The largest absolute Gasteiger partial charge is 0.327 e. The highest BCUT2D eigenvalue weighted by atomic mass is 35.5. The zero-order valence-corrected chi connectivity index (χ0v) is 7.82. The van der Waals surface area contributed by atoms with Crippen molar-refractivity contribution in [2.75, 3.05) is 0 Å². The number of aromatic amines is 1. The summed E-state index contributed by atoms with van der Waals surface area (Å²) in [4.78, 5) is 21.3. The standard InChI is InChI=1S/C9H6ClN3O/c10-8-7(5-14)12-9(13-8)6-3-1-2-4-11-6/h1-5H,(H,12,13). The van der Waals surface area contributed by atoms with E-state index in [9.17, 15) is 4.79 Å². The van der Waals surface area contributed by atoms with E-state index in [4.69, 9.17) is 11.6 Å². The van der Waals surface area contributed by atoms with Crippen LogP contribution >= 0.6 is 11.6 Å². The quantitative estimate of drug-likeness (QED) is 0.766. The molecule has 0 atom stereocenters. The summed E-state index contributed by atoms with van der Waals surface area (Å²) in [6.45, 7) is 0. The normalized spacial score (nSPS) is 10.1. The number of pyridine rings is 1. The Labute approximate surface area is 85.0 Å². The second-order valence-electron chi connectivity index (χ2n) is 2.62. The molecule has 0 aromatic carbocycles. The Kier molecular flexibility index (Phi) is 2.28. The number of H-pyrrole nitrogens is 1. The van der Waals surface area contributed by atoms with Crippen molar-refractivity contribution in [2.45, 2.75) is 0 Å². The molecule has 2 heterocycles. The number of nitrogens with zero attached hydrogens (tertiary/aromatic N) is 2. The monoisotopic (exact) mass is 207 g/mol. The number of halogens is 1. The molecule has 5 heteroatoms. The highest BCUT2D eigenvalue weighted by Crippen LogP contribution is 2.17. The molecule has 0 aliphatic carbocycles. The van der Waals surface area contributed by atoms with Crippen LogP contribution in [-0.4, -0.2) is 21.2 Å². The van der Waals surface area contributed by atoms with Gasteiger partial charge in [0, 0.05) is 6.20 Å². The maximum atomic E-state index is 10.5. The minimum atomic E-state index is 0.201. The van der Waals surface area contributed by atoms with Gasteiger partial charge in [0.1, 0.15) is 16.5 Å². The van der Waals surface area contributed by atoms with Gasteiger partial charge in [-0.15, -0.1) is 0 Å². The lowest BCUT2D eigenvalue weighted by molar-refractivity contribution is 0.111. The summed E-state index contributed by atoms with van der Waals surface area (Å²) in [6.07, 6.45) is 2.25. The number of hydrogen-bond acceptors (Lipinski definition) is 3. The van der Waals surface area contributed by atoms with Crippen molar-refractivity contribution >= 4 is 17.9 Å². The van der Waals surface area contributed by atoms with Crippen molar-refractivity contribution < 1.29 is 4.79 Å².